The fourth-order valence-corrected chi connectivity index (χ4v) is 4.68. The van der Waals surface area contributed by atoms with E-state index < -0.39 is 11.9 Å². The zero-order chi connectivity index (χ0) is 21.4. The minimum absolute atomic E-state index is 0.408. The molecule has 2 fully saturated rings. The fourth-order valence-electron chi connectivity index (χ4n) is 4.68. The second-order valence-corrected chi connectivity index (χ2v) is 7.96. The summed E-state index contributed by atoms with van der Waals surface area (Å²) in [7, 11) is 2.26. The number of carbonyl (C=O) groups is 2. The highest BCUT2D eigenvalue weighted by molar-refractivity contribution is 6.27. The van der Waals surface area contributed by atoms with Crippen LogP contribution in [0, 0.1) is 6.92 Å². The van der Waals surface area contributed by atoms with Gasteiger partial charge >= 0.3 is 11.9 Å². The van der Waals surface area contributed by atoms with Crippen LogP contribution >= 0.6 is 0 Å². The zero-order valence-corrected chi connectivity index (χ0v) is 16.8. The van der Waals surface area contributed by atoms with Crippen LogP contribution in [-0.2, 0) is 9.59 Å². The van der Waals surface area contributed by atoms with Gasteiger partial charge in [-0.15, -0.1) is 0 Å². The lowest BCUT2D eigenvalue weighted by Crippen LogP contribution is -2.39. The van der Waals surface area contributed by atoms with Gasteiger partial charge in [0, 0.05) is 34.6 Å². The number of aryl methyl sites for hydroxylation is 1. The minimum Gasteiger partial charge on any atom is -0.473 e. The van der Waals surface area contributed by atoms with Crippen molar-refractivity contribution in [2.24, 2.45) is 0 Å². The van der Waals surface area contributed by atoms with Crippen molar-refractivity contribution >= 4 is 22.8 Å². The maximum Gasteiger partial charge on any atom is 0.414 e. The molecule has 2 aliphatic heterocycles. The molecule has 2 aliphatic rings. The topological polar surface area (TPSA) is 133 Å². The van der Waals surface area contributed by atoms with Gasteiger partial charge in [0.15, 0.2) is 0 Å². The van der Waals surface area contributed by atoms with Crippen LogP contribution in [0.15, 0.2) is 28.8 Å². The second kappa shape index (κ2) is 7.91. The van der Waals surface area contributed by atoms with Gasteiger partial charge in [-0.1, -0.05) is 23.4 Å². The number of para-hydroxylation sites is 1. The Morgan fingerprint density at radius 2 is 1.77 bits per heavy atom. The van der Waals surface area contributed by atoms with Crippen LogP contribution in [-0.4, -0.2) is 61.3 Å². The van der Waals surface area contributed by atoms with E-state index in [0.717, 1.165) is 40.9 Å². The van der Waals surface area contributed by atoms with Crippen molar-refractivity contribution in [2.45, 2.75) is 50.6 Å². The van der Waals surface area contributed by atoms with E-state index in [0.29, 0.717) is 23.8 Å². The number of piperidine rings is 1. The van der Waals surface area contributed by atoms with Gasteiger partial charge in [0.1, 0.15) is 0 Å². The monoisotopic (exact) mass is 412 g/mol. The molecule has 2 unspecified atom stereocenters. The van der Waals surface area contributed by atoms with Crippen molar-refractivity contribution in [1.29, 1.82) is 0 Å². The van der Waals surface area contributed by atoms with E-state index in [2.05, 4.69) is 47.2 Å². The summed E-state index contributed by atoms with van der Waals surface area (Å²) < 4.78 is 5.70. The number of carboxylic acid groups (broad SMARTS) is 2. The van der Waals surface area contributed by atoms with Gasteiger partial charge in [0.25, 0.3) is 0 Å². The first-order chi connectivity index (χ1) is 14.3. The van der Waals surface area contributed by atoms with Crippen LogP contribution in [0.4, 0.5) is 0 Å². The number of nitrogens with one attached hydrogen (secondary N) is 1. The smallest absolute Gasteiger partial charge is 0.414 e. The molecule has 0 aliphatic carbocycles. The van der Waals surface area contributed by atoms with Crippen LogP contribution in [0.5, 0.6) is 0 Å². The Kier molecular flexibility index (Phi) is 5.29. The first-order valence-electron chi connectivity index (χ1n) is 9.94. The Morgan fingerprint density at radius 3 is 2.40 bits per heavy atom. The standard InChI is InChI=1S/C19H22N4O.C2H2O4/c1-11-17(15-5-3-4-6-16(15)20-11)18-21-19(24-22-18)12-9-13-7-8-14(10-12)23(13)2;3-1(4)2(5)6/h3-6,12-14,20H,7-10H2,1-2H3;(H,3,4)(H,5,6). The maximum absolute atomic E-state index is 9.10. The molecule has 158 valence electrons. The third-order valence-electron chi connectivity index (χ3n) is 6.19. The first kappa shape index (κ1) is 20.1. The lowest BCUT2D eigenvalue weighted by atomic mass is 9.91. The summed E-state index contributed by atoms with van der Waals surface area (Å²) in [6.07, 6.45) is 4.89. The van der Waals surface area contributed by atoms with Gasteiger partial charge in [-0.2, -0.15) is 4.98 Å². The molecule has 2 bridgehead atoms. The number of fused-ring (bicyclic) bond motifs is 3. The number of rotatable bonds is 2. The van der Waals surface area contributed by atoms with Crippen LogP contribution in [0.1, 0.15) is 43.2 Å². The number of hydrogen-bond donors (Lipinski definition) is 3. The molecule has 0 spiro atoms. The predicted molar refractivity (Wildman–Crippen MR) is 108 cm³/mol. The number of aliphatic carboxylic acids is 2. The van der Waals surface area contributed by atoms with Crippen LogP contribution in [0.2, 0.25) is 0 Å². The number of hydrogen-bond acceptors (Lipinski definition) is 6. The number of aromatic nitrogens is 3. The molecule has 5 rings (SSSR count). The number of benzene rings is 1. The Bertz CT molecular complexity index is 1060. The lowest BCUT2D eigenvalue weighted by molar-refractivity contribution is -0.159. The van der Waals surface area contributed by atoms with Gasteiger partial charge in [-0.3, -0.25) is 0 Å². The third kappa shape index (κ3) is 3.68. The van der Waals surface area contributed by atoms with Crippen molar-refractivity contribution in [3.63, 3.8) is 0 Å². The van der Waals surface area contributed by atoms with Crippen molar-refractivity contribution in [3.8, 4) is 11.4 Å². The van der Waals surface area contributed by atoms with Gasteiger partial charge in [0.2, 0.25) is 11.7 Å². The molecule has 2 atom stereocenters. The van der Waals surface area contributed by atoms with Crippen LogP contribution in [0.3, 0.4) is 0 Å². The first-order valence-corrected chi connectivity index (χ1v) is 9.94. The summed E-state index contributed by atoms with van der Waals surface area (Å²) in [5.41, 5.74) is 3.28. The molecule has 2 saturated heterocycles. The summed E-state index contributed by atoms with van der Waals surface area (Å²) >= 11 is 0. The molecule has 1 aromatic carbocycles. The average molecular weight is 412 g/mol. The molecule has 4 heterocycles. The van der Waals surface area contributed by atoms with E-state index in [1.54, 1.807) is 0 Å². The number of carboxylic acids is 2. The average Bonchev–Trinajstić information content (AvgIpc) is 3.35. The molecule has 3 aromatic rings. The van der Waals surface area contributed by atoms with Gasteiger partial charge in [0.05, 0.1) is 5.56 Å². The molecule has 3 N–H and O–H groups in total. The number of nitrogens with zero attached hydrogens (tertiary/aromatic N) is 3. The summed E-state index contributed by atoms with van der Waals surface area (Å²) in [5.74, 6) is -1.71. The van der Waals surface area contributed by atoms with E-state index in [9.17, 15) is 0 Å². The lowest BCUT2D eigenvalue weighted by Gasteiger charge is -2.34. The number of aromatic amines is 1. The SMILES string of the molecule is Cc1[nH]c2ccccc2c1-c1noc(C2CC3CCC(C2)N3C)n1.O=C(O)C(=O)O. The van der Waals surface area contributed by atoms with E-state index in [1.165, 1.54) is 12.8 Å². The highest BCUT2D eigenvalue weighted by Crippen LogP contribution is 2.42. The molecule has 0 amide bonds. The minimum atomic E-state index is -1.82. The maximum atomic E-state index is 9.10. The van der Waals surface area contributed by atoms with Gasteiger partial charge in [-0.25, -0.2) is 9.59 Å². The molecule has 2 aromatic heterocycles. The second-order valence-electron chi connectivity index (χ2n) is 7.96. The quantitative estimate of drug-likeness (QED) is 0.547. The zero-order valence-electron chi connectivity index (χ0n) is 16.8. The van der Waals surface area contributed by atoms with Gasteiger partial charge < -0.3 is 24.6 Å². The highest BCUT2D eigenvalue weighted by Gasteiger charge is 2.40. The largest absolute Gasteiger partial charge is 0.473 e. The molecule has 0 saturated carbocycles. The fraction of sp³-hybridized carbons (Fsp3) is 0.429. The summed E-state index contributed by atoms with van der Waals surface area (Å²) in [6.45, 7) is 2.07. The summed E-state index contributed by atoms with van der Waals surface area (Å²) in [6, 6.07) is 9.65. The Balaban J connectivity index is 0.000000322. The highest BCUT2D eigenvalue weighted by atomic mass is 16.5. The molecular weight excluding hydrogens is 388 g/mol. The third-order valence-corrected chi connectivity index (χ3v) is 6.19. The van der Waals surface area contributed by atoms with Crippen molar-refractivity contribution in [1.82, 2.24) is 20.0 Å². The molecule has 0 radical (unpaired) electrons. The summed E-state index contributed by atoms with van der Waals surface area (Å²) in [5, 5.41) is 20.3. The van der Waals surface area contributed by atoms with E-state index in [1.807, 2.05) is 6.07 Å². The Labute approximate surface area is 172 Å². The normalized spacial score (nSPS) is 23.2. The summed E-state index contributed by atoms with van der Waals surface area (Å²) in [4.78, 5) is 28.9. The van der Waals surface area contributed by atoms with Crippen molar-refractivity contribution in [3.05, 3.63) is 35.9 Å². The molecule has 9 heteroatoms. The van der Waals surface area contributed by atoms with Gasteiger partial charge in [-0.05, 0) is 45.7 Å². The Hall–Kier alpha value is -3.20. The van der Waals surface area contributed by atoms with Crippen molar-refractivity contribution < 1.29 is 24.3 Å². The van der Waals surface area contributed by atoms with E-state index in [-0.39, 0.29) is 0 Å². The molecule has 9 nitrogen and oxygen atoms in total. The van der Waals surface area contributed by atoms with E-state index >= 15 is 0 Å². The van der Waals surface area contributed by atoms with Crippen LogP contribution in [0.25, 0.3) is 22.3 Å². The number of H-pyrrole nitrogens is 1. The molecular formula is C21H24N4O5. The Morgan fingerprint density at radius 1 is 1.13 bits per heavy atom. The van der Waals surface area contributed by atoms with Crippen LogP contribution < -0.4 is 0 Å². The van der Waals surface area contributed by atoms with E-state index in [4.69, 9.17) is 29.3 Å². The molecule has 30 heavy (non-hydrogen) atoms. The predicted octanol–water partition coefficient (Wildman–Crippen LogP) is 3.02. The van der Waals surface area contributed by atoms with Crippen molar-refractivity contribution in [2.75, 3.05) is 7.05 Å².